The average Bonchev–Trinajstić information content (AvgIpc) is 2.41. The van der Waals surface area contributed by atoms with Gasteiger partial charge < -0.3 is 15.8 Å². The molecule has 1 aliphatic heterocycles. The van der Waals surface area contributed by atoms with Crippen LogP contribution in [0, 0.1) is 5.82 Å². The topological polar surface area (TPSA) is 81.4 Å². The first-order valence-corrected chi connectivity index (χ1v) is 6.01. The number of nitrogens with two attached hydrogens (primary N) is 1. The number of rotatable bonds is 1. The van der Waals surface area contributed by atoms with E-state index in [1.54, 1.807) is 0 Å². The van der Waals surface area contributed by atoms with Crippen LogP contribution in [0.4, 0.5) is 14.9 Å². The molecule has 0 radical (unpaired) electrons. The minimum atomic E-state index is -1.01. The molecule has 0 aliphatic carbocycles. The second-order valence-corrected chi connectivity index (χ2v) is 4.73. The number of primary amides is 1. The monoisotopic (exact) mass is 316 g/mol. The van der Waals surface area contributed by atoms with Crippen LogP contribution in [0.2, 0.25) is 0 Å². The van der Waals surface area contributed by atoms with Crippen molar-refractivity contribution >= 4 is 33.6 Å². The average molecular weight is 317 g/mol. The third-order valence-corrected chi connectivity index (χ3v) is 3.24. The van der Waals surface area contributed by atoms with Crippen molar-refractivity contribution in [1.29, 1.82) is 0 Å². The van der Waals surface area contributed by atoms with E-state index in [2.05, 4.69) is 21.2 Å². The molecule has 0 spiro atoms. The molecule has 1 atom stereocenters. The molecule has 0 saturated heterocycles. The molecule has 1 aromatic rings. The fourth-order valence-corrected chi connectivity index (χ4v) is 2.14. The predicted molar refractivity (Wildman–Crippen MR) is 65.5 cm³/mol. The van der Waals surface area contributed by atoms with Crippen molar-refractivity contribution in [2.45, 2.75) is 18.9 Å². The first kappa shape index (κ1) is 12.8. The molecule has 3 N–H and O–H groups in total. The van der Waals surface area contributed by atoms with Crippen molar-refractivity contribution in [2.75, 3.05) is 5.32 Å². The van der Waals surface area contributed by atoms with Crippen LogP contribution in [0.3, 0.4) is 0 Å². The Morgan fingerprint density at radius 3 is 2.94 bits per heavy atom. The summed E-state index contributed by atoms with van der Waals surface area (Å²) >= 11 is 3.04. The Balaban J connectivity index is 2.27. The molecule has 1 heterocycles. The fourth-order valence-electron chi connectivity index (χ4n) is 1.79. The molecule has 1 unspecified atom stereocenters. The maximum Gasteiger partial charge on any atom is 0.405 e. The lowest BCUT2D eigenvalue weighted by molar-refractivity contribution is -0.124. The summed E-state index contributed by atoms with van der Waals surface area (Å²) in [5.74, 6) is -0.872. The summed E-state index contributed by atoms with van der Waals surface area (Å²) in [4.78, 5) is 22.4. The molecule has 0 aromatic heterocycles. The normalized spacial score (nSPS) is 18.6. The van der Waals surface area contributed by atoms with Crippen molar-refractivity contribution in [3.63, 3.8) is 0 Å². The fraction of sp³-hybridized carbons (Fsp3) is 0.273. The maximum atomic E-state index is 13.4. The number of benzene rings is 1. The Morgan fingerprint density at radius 1 is 1.56 bits per heavy atom. The lowest BCUT2D eigenvalue weighted by atomic mass is 10.1. The molecule has 5 nitrogen and oxygen atoms in total. The summed E-state index contributed by atoms with van der Waals surface area (Å²) in [7, 11) is 0. The highest BCUT2D eigenvalue weighted by atomic mass is 79.9. The van der Waals surface area contributed by atoms with Crippen molar-refractivity contribution in [1.82, 2.24) is 0 Å². The lowest BCUT2D eigenvalue weighted by Crippen LogP contribution is -2.33. The van der Waals surface area contributed by atoms with Gasteiger partial charge in [-0.05, 0) is 46.5 Å². The van der Waals surface area contributed by atoms with Crippen LogP contribution in [0.15, 0.2) is 16.6 Å². The van der Waals surface area contributed by atoms with Gasteiger partial charge in [0.1, 0.15) is 5.82 Å². The van der Waals surface area contributed by atoms with E-state index in [-0.39, 0.29) is 10.9 Å². The van der Waals surface area contributed by atoms with Crippen LogP contribution in [-0.2, 0) is 16.0 Å². The molecule has 1 aliphatic rings. The van der Waals surface area contributed by atoms with Gasteiger partial charge in [0.2, 0.25) is 0 Å². The number of amides is 2. The third kappa shape index (κ3) is 2.61. The smallest absolute Gasteiger partial charge is 0.405 e. The zero-order chi connectivity index (χ0) is 13.3. The number of carbonyl (C=O) groups excluding carboxylic acids is 2. The van der Waals surface area contributed by atoms with Crippen LogP contribution in [-0.4, -0.2) is 18.1 Å². The quantitative estimate of drug-likeness (QED) is 0.830. The van der Waals surface area contributed by atoms with E-state index in [0.717, 1.165) is 0 Å². The molecule has 1 aromatic carbocycles. The van der Waals surface area contributed by atoms with E-state index >= 15 is 0 Å². The molecular weight excluding hydrogens is 307 g/mol. The first-order chi connectivity index (χ1) is 8.47. The predicted octanol–water partition coefficient (Wildman–Crippen LogP) is 1.94. The lowest BCUT2D eigenvalue weighted by Gasteiger charge is -2.12. The minimum absolute atomic E-state index is 0.260. The van der Waals surface area contributed by atoms with Gasteiger partial charge in [0.05, 0.1) is 4.47 Å². The van der Waals surface area contributed by atoms with E-state index in [1.165, 1.54) is 12.1 Å². The van der Waals surface area contributed by atoms with Gasteiger partial charge in [0.15, 0.2) is 6.10 Å². The zero-order valence-electron chi connectivity index (χ0n) is 9.20. The first-order valence-electron chi connectivity index (χ1n) is 5.22. The molecule has 2 rings (SSSR count). The highest BCUT2D eigenvalue weighted by molar-refractivity contribution is 9.10. The van der Waals surface area contributed by atoms with Crippen LogP contribution in [0.1, 0.15) is 12.0 Å². The van der Waals surface area contributed by atoms with Gasteiger partial charge in [-0.2, -0.15) is 0 Å². The minimum Gasteiger partial charge on any atom is -0.436 e. The molecule has 2 amide bonds. The van der Waals surface area contributed by atoms with Crippen molar-refractivity contribution in [3.05, 3.63) is 28.0 Å². The summed E-state index contributed by atoms with van der Waals surface area (Å²) in [5.41, 5.74) is 6.04. The van der Waals surface area contributed by atoms with Crippen molar-refractivity contribution < 1.29 is 18.7 Å². The second-order valence-electron chi connectivity index (χ2n) is 3.88. The number of carbonyl (C=O) groups is 2. The van der Waals surface area contributed by atoms with Crippen LogP contribution in [0.5, 0.6) is 0 Å². The number of nitrogens with one attached hydrogen (secondary N) is 1. The van der Waals surface area contributed by atoms with Gasteiger partial charge in [-0.1, -0.05) is 0 Å². The summed E-state index contributed by atoms with van der Waals surface area (Å²) in [6, 6.07) is 2.82. The standard InChI is InChI=1S/C11H10BrFN2O3/c12-6-4-8-5(3-7(6)13)1-2-9(10(16)15-8)18-11(14)17/h3-4,9H,1-2H2,(H2,14,17)(H,15,16). The number of anilines is 1. The molecule has 0 saturated carbocycles. The number of fused-ring (bicyclic) bond motifs is 1. The van der Waals surface area contributed by atoms with Crippen molar-refractivity contribution in [2.24, 2.45) is 5.73 Å². The van der Waals surface area contributed by atoms with Gasteiger partial charge in [-0.25, -0.2) is 9.18 Å². The summed E-state index contributed by atoms with van der Waals surface area (Å²) in [5, 5.41) is 2.58. The summed E-state index contributed by atoms with van der Waals surface area (Å²) in [6.45, 7) is 0. The number of hydrogen-bond acceptors (Lipinski definition) is 3. The molecule has 96 valence electrons. The number of aryl methyl sites for hydroxylation is 1. The maximum absolute atomic E-state index is 13.4. The van der Waals surface area contributed by atoms with E-state index in [4.69, 9.17) is 10.5 Å². The van der Waals surface area contributed by atoms with Gasteiger partial charge in [-0.15, -0.1) is 0 Å². The van der Waals surface area contributed by atoms with Crippen molar-refractivity contribution in [3.8, 4) is 0 Å². The Labute approximate surface area is 111 Å². The molecule has 0 bridgehead atoms. The van der Waals surface area contributed by atoms with E-state index < -0.39 is 23.9 Å². The second kappa shape index (κ2) is 4.93. The number of hydrogen-bond donors (Lipinski definition) is 2. The van der Waals surface area contributed by atoms with Gasteiger partial charge in [-0.3, -0.25) is 4.79 Å². The summed E-state index contributed by atoms with van der Waals surface area (Å²) < 4.78 is 18.3. The largest absolute Gasteiger partial charge is 0.436 e. The van der Waals surface area contributed by atoms with Crippen LogP contribution >= 0.6 is 15.9 Å². The number of ether oxygens (including phenoxy) is 1. The van der Waals surface area contributed by atoms with Gasteiger partial charge in [0.25, 0.3) is 5.91 Å². The summed E-state index contributed by atoms with van der Waals surface area (Å²) in [6.07, 6.45) is -1.27. The molecule has 7 heteroatoms. The Kier molecular flexibility index (Phi) is 3.51. The Hall–Kier alpha value is -1.63. The van der Waals surface area contributed by atoms with Crippen LogP contribution in [0.25, 0.3) is 0 Å². The van der Waals surface area contributed by atoms with Gasteiger partial charge >= 0.3 is 6.09 Å². The highest BCUT2D eigenvalue weighted by Gasteiger charge is 2.26. The SMILES string of the molecule is NC(=O)OC1CCc2cc(F)c(Br)cc2NC1=O. The highest BCUT2D eigenvalue weighted by Crippen LogP contribution is 2.28. The van der Waals surface area contributed by atoms with E-state index in [1.807, 2.05) is 0 Å². The molecule has 18 heavy (non-hydrogen) atoms. The molecule has 0 fully saturated rings. The van der Waals surface area contributed by atoms with E-state index in [0.29, 0.717) is 17.7 Å². The van der Waals surface area contributed by atoms with E-state index in [9.17, 15) is 14.0 Å². The molecular formula is C11H10BrFN2O3. The zero-order valence-corrected chi connectivity index (χ0v) is 10.8. The Morgan fingerprint density at radius 2 is 2.28 bits per heavy atom. The number of halogens is 2. The van der Waals surface area contributed by atoms with Crippen LogP contribution < -0.4 is 11.1 Å². The van der Waals surface area contributed by atoms with Gasteiger partial charge in [0, 0.05) is 5.69 Å². The third-order valence-electron chi connectivity index (χ3n) is 2.63. The Bertz CT molecular complexity index is 521.